The first-order valence-corrected chi connectivity index (χ1v) is 6.18. The maximum atomic E-state index is 13.4. The second-order valence-corrected chi connectivity index (χ2v) is 4.56. The highest BCUT2D eigenvalue weighted by molar-refractivity contribution is 6.00. The highest BCUT2D eigenvalue weighted by Gasteiger charge is 2.27. The molecule has 2 rings (SSSR count). The van der Waals surface area contributed by atoms with Gasteiger partial charge in [-0.1, -0.05) is 6.07 Å². The van der Waals surface area contributed by atoms with E-state index >= 15 is 0 Å². The van der Waals surface area contributed by atoms with Crippen molar-refractivity contribution in [2.45, 2.75) is 25.0 Å². The average Bonchev–Trinajstić information content (AvgIpc) is 2.37. The van der Waals surface area contributed by atoms with Gasteiger partial charge in [0, 0.05) is 13.0 Å². The SMILES string of the molecule is O=C1CCC(NCC(O)c2c(F)cccc2F)C(=O)N1. The van der Waals surface area contributed by atoms with Gasteiger partial charge >= 0.3 is 0 Å². The Morgan fingerprint density at radius 3 is 2.60 bits per heavy atom. The summed E-state index contributed by atoms with van der Waals surface area (Å²) in [5, 5.41) is 14.7. The summed E-state index contributed by atoms with van der Waals surface area (Å²) in [5.74, 6) is -2.54. The Bertz CT molecular complexity index is 516. The molecule has 1 aliphatic rings. The van der Waals surface area contributed by atoms with E-state index in [2.05, 4.69) is 10.6 Å². The molecule has 0 spiro atoms. The fraction of sp³-hybridized carbons (Fsp3) is 0.385. The quantitative estimate of drug-likeness (QED) is 0.699. The number of halogens is 2. The second-order valence-electron chi connectivity index (χ2n) is 4.56. The zero-order valence-corrected chi connectivity index (χ0v) is 10.5. The Kier molecular flexibility index (Phi) is 4.41. The minimum absolute atomic E-state index is 0.188. The molecule has 1 fully saturated rings. The second kappa shape index (κ2) is 6.06. The lowest BCUT2D eigenvalue weighted by molar-refractivity contribution is -0.134. The Hall–Kier alpha value is -1.86. The van der Waals surface area contributed by atoms with E-state index in [1.807, 2.05) is 0 Å². The van der Waals surface area contributed by atoms with Crippen molar-refractivity contribution in [3.8, 4) is 0 Å². The molecule has 0 saturated carbocycles. The van der Waals surface area contributed by atoms with E-state index < -0.39 is 35.3 Å². The Balaban J connectivity index is 1.97. The van der Waals surface area contributed by atoms with Gasteiger partial charge in [0.2, 0.25) is 11.8 Å². The van der Waals surface area contributed by atoms with Crippen molar-refractivity contribution >= 4 is 11.8 Å². The van der Waals surface area contributed by atoms with E-state index in [0.29, 0.717) is 0 Å². The molecule has 1 aromatic rings. The molecule has 0 aromatic heterocycles. The Morgan fingerprint density at radius 1 is 1.35 bits per heavy atom. The van der Waals surface area contributed by atoms with Crippen LogP contribution in [-0.2, 0) is 9.59 Å². The first-order valence-electron chi connectivity index (χ1n) is 6.18. The van der Waals surface area contributed by atoms with Gasteiger partial charge in [-0.2, -0.15) is 0 Å². The highest BCUT2D eigenvalue weighted by atomic mass is 19.1. The predicted molar refractivity (Wildman–Crippen MR) is 65.5 cm³/mol. The number of imide groups is 1. The summed E-state index contributed by atoms with van der Waals surface area (Å²) >= 11 is 0. The zero-order chi connectivity index (χ0) is 14.7. The number of carbonyl (C=O) groups excluding carboxylic acids is 2. The number of rotatable bonds is 4. The molecule has 108 valence electrons. The monoisotopic (exact) mass is 284 g/mol. The molecule has 1 aliphatic heterocycles. The molecule has 1 saturated heterocycles. The van der Waals surface area contributed by atoms with E-state index in [1.165, 1.54) is 6.07 Å². The molecule has 0 aliphatic carbocycles. The number of aliphatic hydroxyl groups excluding tert-OH is 1. The van der Waals surface area contributed by atoms with E-state index in [-0.39, 0.29) is 25.3 Å². The van der Waals surface area contributed by atoms with E-state index in [9.17, 15) is 23.5 Å². The molecule has 2 unspecified atom stereocenters. The van der Waals surface area contributed by atoms with Gasteiger partial charge in [0.25, 0.3) is 0 Å². The smallest absolute Gasteiger partial charge is 0.243 e. The molecule has 2 atom stereocenters. The molecule has 0 bridgehead atoms. The van der Waals surface area contributed by atoms with Crippen molar-refractivity contribution in [1.82, 2.24) is 10.6 Å². The van der Waals surface area contributed by atoms with Crippen molar-refractivity contribution in [2.24, 2.45) is 0 Å². The Labute approximate surface area is 114 Å². The van der Waals surface area contributed by atoms with Crippen molar-refractivity contribution < 1.29 is 23.5 Å². The molecule has 5 nitrogen and oxygen atoms in total. The van der Waals surface area contributed by atoms with Crippen LogP contribution >= 0.6 is 0 Å². The third-order valence-electron chi connectivity index (χ3n) is 3.13. The summed E-state index contributed by atoms with van der Waals surface area (Å²) in [4.78, 5) is 22.4. The van der Waals surface area contributed by atoms with Crippen molar-refractivity contribution in [2.75, 3.05) is 6.54 Å². The normalized spacial score (nSPS) is 20.6. The standard InChI is InChI=1S/C13H14F2N2O3/c14-7-2-1-3-8(15)12(7)10(18)6-16-9-4-5-11(19)17-13(9)20/h1-3,9-10,16,18H,4-6H2,(H,17,19,20). The number of hydrogen-bond donors (Lipinski definition) is 3. The number of piperidine rings is 1. The molecule has 7 heteroatoms. The van der Waals surface area contributed by atoms with Crippen LogP contribution in [0.25, 0.3) is 0 Å². The molecular formula is C13H14F2N2O3. The van der Waals surface area contributed by atoms with Crippen LogP contribution < -0.4 is 10.6 Å². The molecule has 20 heavy (non-hydrogen) atoms. The van der Waals surface area contributed by atoms with E-state index in [4.69, 9.17) is 0 Å². The number of aliphatic hydroxyl groups is 1. The number of carbonyl (C=O) groups is 2. The van der Waals surface area contributed by atoms with Gasteiger partial charge in [0.15, 0.2) is 0 Å². The maximum Gasteiger partial charge on any atom is 0.243 e. The summed E-state index contributed by atoms with van der Waals surface area (Å²) in [6.45, 7) is -0.190. The summed E-state index contributed by atoms with van der Waals surface area (Å²) in [5.41, 5.74) is -0.438. The number of amides is 2. The fourth-order valence-electron chi connectivity index (χ4n) is 2.07. The number of benzene rings is 1. The summed E-state index contributed by atoms with van der Waals surface area (Å²) in [7, 11) is 0. The molecule has 2 amide bonds. The van der Waals surface area contributed by atoms with Crippen molar-refractivity contribution in [1.29, 1.82) is 0 Å². The van der Waals surface area contributed by atoms with Gasteiger partial charge < -0.3 is 10.4 Å². The Morgan fingerprint density at radius 2 is 2.00 bits per heavy atom. The zero-order valence-electron chi connectivity index (χ0n) is 10.5. The minimum atomic E-state index is -1.42. The largest absolute Gasteiger partial charge is 0.387 e. The molecule has 3 N–H and O–H groups in total. The minimum Gasteiger partial charge on any atom is -0.387 e. The molecule has 1 heterocycles. The van der Waals surface area contributed by atoms with Crippen LogP contribution in [0.5, 0.6) is 0 Å². The maximum absolute atomic E-state index is 13.4. The van der Waals surface area contributed by atoms with Gasteiger partial charge in [0.05, 0.1) is 17.7 Å². The molecule has 0 radical (unpaired) electrons. The van der Waals surface area contributed by atoms with Crippen LogP contribution in [-0.4, -0.2) is 29.5 Å². The summed E-state index contributed by atoms with van der Waals surface area (Å²) in [6, 6.07) is 2.65. The first-order chi connectivity index (χ1) is 9.49. The third kappa shape index (κ3) is 3.17. The average molecular weight is 284 g/mol. The van der Waals surface area contributed by atoms with Gasteiger partial charge in [-0.25, -0.2) is 8.78 Å². The van der Waals surface area contributed by atoms with Crippen LogP contribution in [0.3, 0.4) is 0 Å². The lowest BCUT2D eigenvalue weighted by atomic mass is 10.0. The fourth-order valence-corrected chi connectivity index (χ4v) is 2.07. The first kappa shape index (κ1) is 14.5. The van der Waals surface area contributed by atoms with E-state index in [1.54, 1.807) is 0 Å². The van der Waals surface area contributed by atoms with Gasteiger partial charge in [-0.3, -0.25) is 14.9 Å². The topological polar surface area (TPSA) is 78.4 Å². The van der Waals surface area contributed by atoms with Crippen LogP contribution in [0.4, 0.5) is 8.78 Å². The lowest BCUT2D eigenvalue weighted by Gasteiger charge is -2.23. The number of nitrogens with one attached hydrogen (secondary N) is 2. The molecule has 1 aromatic carbocycles. The van der Waals surface area contributed by atoms with Gasteiger partial charge in [-0.15, -0.1) is 0 Å². The van der Waals surface area contributed by atoms with Crippen LogP contribution in [0, 0.1) is 11.6 Å². The predicted octanol–water partition coefficient (Wildman–Crippen LogP) is 0.393. The van der Waals surface area contributed by atoms with Crippen molar-refractivity contribution in [3.05, 3.63) is 35.4 Å². The third-order valence-corrected chi connectivity index (χ3v) is 3.13. The highest BCUT2D eigenvalue weighted by Crippen LogP contribution is 2.20. The van der Waals surface area contributed by atoms with Crippen molar-refractivity contribution in [3.63, 3.8) is 0 Å². The van der Waals surface area contributed by atoms with Crippen LogP contribution in [0.2, 0.25) is 0 Å². The molecular weight excluding hydrogens is 270 g/mol. The van der Waals surface area contributed by atoms with E-state index in [0.717, 1.165) is 12.1 Å². The van der Waals surface area contributed by atoms with Crippen LogP contribution in [0.1, 0.15) is 24.5 Å². The lowest BCUT2D eigenvalue weighted by Crippen LogP contribution is -2.51. The van der Waals surface area contributed by atoms with Gasteiger partial charge in [0.1, 0.15) is 11.6 Å². The number of hydrogen-bond acceptors (Lipinski definition) is 4. The summed E-state index contributed by atoms with van der Waals surface area (Å²) < 4.78 is 26.9. The van der Waals surface area contributed by atoms with Crippen LogP contribution in [0.15, 0.2) is 18.2 Å². The summed E-state index contributed by atoms with van der Waals surface area (Å²) in [6.07, 6.45) is -0.938. The van der Waals surface area contributed by atoms with Gasteiger partial charge in [-0.05, 0) is 18.6 Å².